The van der Waals surface area contributed by atoms with E-state index in [1.807, 2.05) is 0 Å². The predicted molar refractivity (Wildman–Crippen MR) is 126 cm³/mol. The highest BCUT2D eigenvalue weighted by molar-refractivity contribution is 9.12. The Balaban J connectivity index is 1.21. The van der Waals surface area contributed by atoms with Gasteiger partial charge in [0.1, 0.15) is 0 Å². The Labute approximate surface area is 202 Å². The summed E-state index contributed by atoms with van der Waals surface area (Å²) in [6.07, 6.45) is 3.18. The summed E-state index contributed by atoms with van der Waals surface area (Å²) < 4.78 is 0. The summed E-state index contributed by atoms with van der Waals surface area (Å²) >= 11 is 7.38. The van der Waals surface area contributed by atoms with Crippen LogP contribution in [-0.4, -0.2) is 43.7 Å². The lowest BCUT2D eigenvalue weighted by Gasteiger charge is -2.28. The Kier molecular flexibility index (Phi) is 6.72. The minimum Gasteiger partial charge on any atom is -0.326 e. The standard InChI is InChI=1S/C22H25Br2N3O5/c1-11-6-7-12(9-15(11)27(31)32)25-16(28)5-3-2-4-8-26-21(29)17-13-10-14(18(17)22(26)30)20(24)19(13)23/h6-7,9,13-14,17-20H,2-5,8,10H2,1H3,(H,25,28)/t13-,14+,17-,18-,19+,20+/m0/s1. The van der Waals surface area contributed by atoms with Gasteiger partial charge in [-0.05, 0) is 44.1 Å². The zero-order valence-corrected chi connectivity index (χ0v) is 20.8. The monoisotopic (exact) mass is 569 g/mol. The molecule has 3 aliphatic rings. The smallest absolute Gasteiger partial charge is 0.274 e. The Hall–Kier alpha value is -1.81. The zero-order chi connectivity index (χ0) is 23.2. The Morgan fingerprint density at radius 3 is 2.34 bits per heavy atom. The van der Waals surface area contributed by atoms with Crippen molar-refractivity contribution in [2.24, 2.45) is 23.7 Å². The number of anilines is 1. The Morgan fingerprint density at radius 2 is 1.75 bits per heavy atom. The van der Waals surface area contributed by atoms with Crippen molar-refractivity contribution >= 4 is 61.0 Å². The predicted octanol–water partition coefficient (Wildman–Crippen LogP) is 4.18. The van der Waals surface area contributed by atoms with Crippen LogP contribution in [-0.2, 0) is 14.4 Å². The van der Waals surface area contributed by atoms with E-state index in [2.05, 4.69) is 37.2 Å². The molecule has 1 aromatic carbocycles. The number of alkyl halides is 2. The van der Waals surface area contributed by atoms with Crippen LogP contribution in [0.1, 0.15) is 37.7 Å². The summed E-state index contributed by atoms with van der Waals surface area (Å²) in [7, 11) is 0. The maximum atomic E-state index is 12.9. The van der Waals surface area contributed by atoms with Gasteiger partial charge < -0.3 is 5.32 Å². The van der Waals surface area contributed by atoms with Crippen LogP contribution in [0.25, 0.3) is 0 Å². The van der Waals surface area contributed by atoms with E-state index in [1.165, 1.54) is 11.0 Å². The Morgan fingerprint density at radius 1 is 1.12 bits per heavy atom. The first kappa shape index (κ1) is 23.4. The molecule has 2 saturated carbocycles. The van der Waals surface area contributed by atoms with Crippen molar-refractivity contribution in [3.8, 4) is 0 Å². The SMILES string of the molecule is Cc1ccc(NC(=O)CCCCCN2C(=O)[C@H]3[C@@H]4C[C@@H]([C@@H](Br)[C@@H]4Br)[C@@H]3C2=O)cc1[N+](=O)[O-]. The molecule has 0 aromatic heterocycles. The molecule has 0 spiro atoms. The van der Waals surface area contributed by atoms with E-state index in [1.54, 1.807) is 19.1 Å². The molecule has 1 heterocycles. The van der Waals surface area contributed by atoms with Gasteiger partial charge in [-0.3, -0.25) is 29.4 Å². The second-order valence-corrected chi connectivity index (χ2v) is 11.1. The van der Waals surface area contributed by atoms with Gasteiger partial charge in [-0.25, -0.2) is 0 Å². The van der Waals surface area contributed by atoms with Crippen molar-refractivity contribution in [1.29, 1.82) is 0 Å². The molecule has 10 heteroatoms. The van der Waals surface area contributed by atoms with Crippen LogP contribution in [0.15, 0.2) is 18.2 Å². The largest absolute Gasteiger partial charge is 0.326 e. The van der Waals surface area contributed by atoms with Crippen LogP contribution < -0.4 is 5.32 Å². The number of nitrogens with one attached hydrogen (secondary N) is 1. The van der Waals surface area contributed by atoms with Gasteiger partial charge >= 0.3 is 0 Å². The first-order valence-electron chi connectivity index (χ1n) is 10.9. The minimum atomic E-state index is -0.471. The number of benzene rings is 1. The van der Waals surface area contributed by atoms with Gasteiger partial charge in [0.05, 0.1) is 16.8 Å². The molecule has 2 bridgehead atoms. The fourth-order valence-electron chi connectivity index (χ4n) is 5.47. The fraction of sp³-hybridized carbons (Fsp3) is 0.591. The quantitative estimate of drug-likeness (QED) is 0.166. The van der Waals surface area contributed by atoms with E-state index in [-0.39, 0.29) is 63.2 Å². The third-order valence-corrected chi connectivity index (χ3v) is 10.3. The zero-order valence-electron chi connectivity index (χ0n) is 17.6. The number of hydrogen-bond acceptors (Lipinski definition) is 5. The minimum absolute atomic E-state index is 0.0292. The molecule has 8 nitrogen and oxygen atoms in total. The number of unbranched alkanes of at least 4 members (excludes halogenated alkanes) is 2. The number of aryl methyl sites for hydroxylation is 1. The summed E-state index contributed by atoms with van der Waals surface area (Å²) in [6.45, 7) is 2.05. The maximum Gasteiger partial charge on any atom is 0.274 e. The first-order valence-corrected chi connectivity index (χ1v) is 12.7. The molecule has 3 fully saturated rings. The second kappa shape index (κ2) is 9.21. The van der Waals surface area contributed by atoms with Gasteiger partial charge in [0.2, 0.25) is 17.7 Å². The van der Waals surface area contributed by atoms with Gasteiger partial charge in [0.15, 0.2) is 0 Å². The lowest BCUT2D eigenvalue weighted by Crippen LogP contribution is -2.37. The van der Waals surface area contributed by atoms with E-state index in [9.17, 15) is 24.5 Å². The Bertz CT molecular complexity index is 939. The normalized spacial score (nSPS) is 30.7. The molecule has 1 saturated heterocycles. The van der Waals surface area contributed by atoms with Crippen molar-refractivity contribution in [2.45, 2.75) is 48.7 Å². The number of nitro groups is 1. The molecule has 0 unspecified atom stereocenters. The average molecular weight is 571 g/mol. The van der Waals surface area contributed by atoms with Crippen molar-refractivity contribution in [2.75, 3.05) is 11.9 Å². The number of carbonyl (C=O) groups is 3. The van der Waals surface area contributed by atoms with E-state index in [0.717, 1.165) is 6.42 Å². The van der Waals surface area contributed by atoms with Crippen LogP contribution in [0.2, 0.25) is 0 Å². The molecule has 1 aromatic rings. The maximum absolute atomic E-state index is 12.9. The van der Waals surface area contributed by atoms with Gasteiger partial charge in [-0.2, -0.15) is 0 Å². The van der Waals surface area contributed by atoms with Crippen LogP contribution in [0.3, 0.4) is 0 Å². The topological polar surface area (TPSA) is 110 Å². The van der Waals surface area contributed by atoms with E-state index < -0.39 is 4.92 Å². The van der Waals surface area contributed by atoms with E-state index in [4.69, 9.17) is 0 Å². The van der Waals surface area contributed by atoms with Gasteiger partial charge in [0.25, 0.3) is 5.69 Å². The lowest BCUT2D eigenvalue weighted by molar-refractivity contribution is -0.385. The lowest BCUT2D eigenvalue weighted by atomic mass is 9.81. The third kappa shape index (κ3) is 4.11. The molecule has 32 heavy (non-hydrogen) atoms. The number of nitro benzene ring substituents is 1. The van der Waals surface area contributed by atoms with Gasteiger partial charge in [-0.15, -0.1) is 0 Å². The van der Waals surface area contributed by atoms with E-state index in [0.29, 0.717) is 37.1 Å². The molecule has 1 N–H and O–H groups in total. The molecule has 4 rings (SSSR count). The van der Waals surface area contributed by atoms with E-state index >= 15 is 0 Å². The molecular weight excluding hydrogens is 546 g/mol. The van der Waals surface area contributed by atoms with Crippen LogP contribution in [0.4, 0.5) is 11.4 Å². The second-order valence-electron chi connectivity index (χ2n) is 8.95. The average Bonchev–Trinajstić information content (AvgIpc) is 3.35. The number of imide groups is 1. The molecule has 1 aliphatic heterocycles. The molecule has 0 radical (unpaired) electrons. The van der Waals surface area contributed by atoms with Crippen molar-refractivity contribution in [3.05, 3.63) is 33.9 Å². The number of carbonyl (C=O) groups excluding carboxylic acids is 3. The molecule has 172 valence electrons. The van der Waals surface area contributed by atoms with Crippen LogP contribution in [0.5, 0.6) is 0 Å². The number of halogens is 2. The van der Waals surface area contributed by atoms with Gasteiger partial charge in [-0.1, -0.05) is 44.3 Å². The number of nitrogens with zero attached hydrogens (tertiary/aromatic N) is 2. The highest BCUT2D eigenvalue weighted by Gasteiger charge is 2.66. The van der Waals surface area contributed by atoms with Crippen molar-refractivity contribution in [3.63, 3.8) is 0 Å². The summed E-state index contributed by atoms with van der Waals surface area (Å²) in [6, 6.07) is 4.61. The number of likely N-dealkylation sites (tertiary alicyclic amines) is 1. The summed E-state index contributed by atoms with van der Waals surface area (Å²) in [5, 5.41) is 13.7. The molecule has 2 aliphatic carbocycles. The molecule has 6 atom stereocenters. The van der Waals surface area contributed by atoms with Crippen molar-refractivity contribution < 1.29 is 19.3 Å². The molecular formula is C22H25Br2N3O5. The summed E-state index contributed by atoms with van der Waals surface area (Å²) in [5.41, 5.74) is 0.907. The number of rotatable bonds is 8. The first-order chi connectivity index (χ1) is 15.2. The van der Waals surface area contributed by atoms with Crippen LogP contribution in [0, 0.1) is 40.7 Å². The summed E-state index contributed by atoms with van der Waals surface area (Å²) in [4.78, 5) is 50.4. The number of hydrogen-bond donors (Lipinski definition) is 1. The van der Waals surface area contributed by atoms with Crippen LogP contribution >= 0.6 is 31.9 Å². The highest BCUT2D eigenvalue weighted by atomic mass is 79.9. The highest BCUT2D eigenvalue weighted by Crippen LogP contribution is 2.60. The van der Waals surface area contributed by atoms with Gasteiger partial charge in [0, 0.05) is 39.9 Å². The number of amides is 3. The molecule has 3 amide bonds. The van der Waals surface area contributed by atoms with Crippen molar-refractivity contribution in [1.82, 2.24) is 4.90 Å². The fourth-order valence-corrected chi connectivity index (χ4v) is 7.34. The summed E-state index contributed by atoms with van der Waals surface area (Å²) in [5.74, 6) is -0.210. The number of fused-ring (bicyclic) bond motifs is 5. The third-order valence-electron chi connectivity index (χ3n) is 7.05.